The van der Waals surface area contributed by atoms with Gasteiger partial charge < -0.3 is 10.5 Å². The number of nitrogen functional groups attached to an aromatic ring is 1. The number of anilines is 1. The fraction of sp³-hybridized carbons (Fsp3) is 0.231. The molecule has 0 aliphatic carbocycles. The van der Waals surface area contributed by atoms with Crippen LogP contribution < -0.4 is 10.5 Å². The third-order valence-corrected chi connectivity index (χ3v) is 2.43. The number of rotatable bonds is 3. The van der Waals surface area contributed by atoms with E-state index in [4.69, 9.17) is 10.5 Å². The SMILES string of the molecule is CCc1cc(Oc2c(N)cccc2F)nc(C)n1. The van der Waals surface area contributed by atoms with Crippen molar-refractivity contribution in [1.29, 1.82) is 0 Å². The van der Waals surface area contributed by atoms with Crippen LogP contribution in [0.5, 0.6) is 11.6 Å². The molecule has 0 bridgehead atoms. The number of ether oxygens (including phenoxy) is 1. The van der Waals surface area contributed by atoms with Gasteiger partial charge in [0, 0.05) is 11.8 Å². The molecule has 0 aliphatic rings. The Labute approximate surface area is 105 Å². The van der Waals surface area contributed by atoms with Crippen LogP contribution in [-0.2, 0) is 6.42 Å². The minimum Gasteiger partial charge on any atom is -0.434 e. The quantitative estimate of drug-likeness (QED) is 0.847. The topological polar surface area (TPSA) is 61.0 Å². The van der Waals surface area contributed by atoms with Crippen molar-refractivity contribution in [3.05, 3.63) is 41.6 Å². The van der Waals surface area contributed by atoms with Crippen molar-refractivity contribution in [2.45, 2.75) is 20.3 Å². The zero-order chi connectivity index (χ0) is 13.1. The van der Waals surface area contributed by atoms with E-state index in [9.17, 15) is 4.39 Å². The number of hydrogen-bond acceptors (Lipinski definition) is 4. The molecule has 4 nitrogen and oxygen atoms in total. The zero-order valence-corrected chi connectivity index (χ0v) is 10.3. The van der Waals surface area contributed by atoms with Crippen LogP contribution in [0.1, 0.15) is 18.4 Å². The number of nitrogens with zero attached hydrogens (tertiary/aromatic N) is 2. The van der Waals surface area contributed by atoms with Crippen molar-refractivity contribution in [2.24, 2.45) is 0 Å². The average molecular weight is 247 g/mol. The number of halogens is 1. The van der Waals surface area contributed by atoms with E-state index in [1.54, 1.807) is 19.1 Å². The van der Waals surface area contributed by atoms with Crippen molar-refractivity contribution in [3.8, 4) is 11.6 Å². The number of aryl methyl sites for hydroxylation is 2. The Bertz CT molecular complexity index is 552. The first-order chi connectivity index (χ1) is 8.60. The second-order valence-corrected chi connectivity index (χ2v) is 3.86. The molecule has 1 aromatic heterocycles. The van der Waals surface area contributed by atoms with E-state index in [-0.39, 0.29) is 11.4 Å². The molecule has 0 aliphatic heterocycles. The number of hydrogen-bond donors (Lipinski definition) is 1. The Balaban J connectivity index is 2.37. The van der Waals surface area contributed by atoms with Gasteiger partial charge in [0.2, 0.25) is 5.88 Å². The standard InChI is InChI=1S/C13H14FN3O/c1-3-9-7-12(17-8(2)16-9)18-13-10(14)5-4-6-11(13)15/h4-7H,3,15H2,1-2H3. The van der Waals surface area contributed by atoms with Crippen LogP contribution in [0.15, 0.2) is 24.3 Å². The van der Waals surface area contributed by atoms with Crippen molar-refractivity contribution >= 4 is 5.69 Å². The maximum Gasteiger partial charge on any atom is 0.223 e. The summed E-state index contributed by atoms with van der Waals surface area (Å²) in [7, 11) is 0. The molecule has 0 amide bonds. The molecule has 0 saturated carbocycles. The van der Waals surface area contributed by atoms with Crippen molar-refractivity contribution < 1.29 is 9.13 Å². The van der Waals surface area contributed by atoms with Crippen LogP contribution in [-0.4, -0.2) is 9.97 Å². The highest BCUT2D eigenvalue weighted by Crippen LogP contribution is 2.29. The molecule has 2 N–H and O–H groups in total. The second kappa shape index (κ2) is 5.00. The highest BCUT2D eigenvalue weighted by Gasteiger charge is 2.10. The fourth-order valence-corrected chi connectivity index (χ4v) is 1.57. The Hall–Kier alpha value is -2.17. The summed E-state index contributed by atoms with van der Waals surface area (Å²) in [6.45, 7) is 3.74. The van der Waals surface area contributed by atoms with E-state index in [0.29, 0.717) is 11.7 Å². The van der Waals surface area contributed by atoms with Crippen LogP contribution in [0.2, 0.25) is 0 Å². The first-order valence-electron chi connectivity index (χ1n) is 5.66. The van der Waals surface area contributed by atoms with Gasteiger partial charge in [0.25, 0.3) is 0 Å². The Morgan fingerprint density at radius 2 is 2.11 bits per heavy atom. The summed E-state index contributed by atoms with van der Waals surface area (Å²) in [5, 5.41) is 0. The van der Waals surface area contributed by atoms with Crippen LogP contribution in [0, 0.1) is 12.7 Å². The van der Waals surface area contributed by atoms with E-state index >= 15 is 0 Å². The highest BCUT2D eigenvalue weighted by atomic mass is 19.1. The van der Waals surface area contributed by atoms with Crippen LogP contribution in [0.25, 0.3) is 0 Å². The lowest BCUT2D eigenvalue weighted by atomic mass is 10.3. The number of benzene rings is 1. The minimum absolute atomic E-state index is 0.00217. The molecule has 5 heteroatoms. The van der Waals surface area contributed by atoms with Crippen LogP contribution >= 0.6 is 0 Å². The molecule has 0 unspecified atom stereocenters. The van der Waals surface area contributed by atoms with E-state index in [1.165, 1.54) is 12.1 Å². The van der Waals surface area contributed by atoms with Gasteiger partial charge in [0.05, 0.1) is 5.69 Å². The lowest BCUT2D eigenvalue weighted by Crippen LogP contribution is -2.00. The molecule has 18 heavy (non-hydrogen) atoms. The summed E-state index contributed by atoms with van der Waals surface area (Å²) < 4.78 is 19.0. The normalized spacial score (nSPS) is 10.4. The Morgan fingerprint density at radius 1 is 1.33 bits per heavy atom. The average Bonchev–Trinajstić information content (AvgIpc) is 2.33. The molecule has 0 fully saturated rings. The molecule has 2 aromatic rings. The minimum atomic E-state index is -0.510. The predicted molar refractivity (Wildman–Crippen MR) is 67.0 cm³/mol. The summed E-state index contributed by atoms with van der Waals surface area (Å²) in [6, 6.07) is 6.08. The summed E-state index contributed by atoms with van der Waals surface area (Å²) in [4.78, 5) is 8.33. The maximum atomic E-state index is 13.6. The third-order valence-electron chi connectivity index (χ3n) is 2.43. The summed E-state index contributed by atoms with van der Waals surface area (Å²) >= 11 is 0. The van der Waals surface area contributed by atoms with Crippen molar-refractivity contribution in [2.75, 3.05) is 5.73 Å². The number of aromatic nitrogens is 2. The van der Waals surface area contributed by atoms with Gasteiger partial charge >= 0.3 is 0 Å². The zero-order valence-electron chi connectivity index (χ0n) is 10.3. The van der Waals surface area contributed by atoms with E-state index in [0.717, 1.165) is 12.1 Å². The van der Waals surface area contributed by atoms with Gasteiger partial charge in [0.15, 0.2) is 11.6 Å². The number of nitrogens with two attached hydrogens (primary N) is 1. The fourth-order valence-electron chi connectivity index (χ4n) is 1.57. The van der Waals surface area contributed by atoms with E-state index in [1.807, 2.05) is 6.92 Å². The van der Waals surface area contributed by atoms with Gasteiger partial charge in [-0.15, -0.1) is 0 Å². The molecule has 2 rings (SSSR count). The molecule has 0 saturated heterocycles. The lowest BCUT2D eigenvalue weighted by molar-refractivity contribution is 0.426. The molecule has 0 atom stereocenters. The molecule has 0 radical (unpaired) electrons. The van der Waals surface area contributed by atoms with E-state index < -0.39 is 5.82 Å². The molecule has 1 heterocycles. The van der Waals surface area contributed by atoms with Crippen LogP contribution in [0.3, 0.4) is 0 Å². The highest BCUT2D eigenvalue weighted by molar-refractivity contribution is 5.54. The first kappa shape index (κ1) is 12.3. The third kappa shape index (κ3) is 2.56. The van der Waals surface area contributed by atoms with Gasteiger partial charge in [-0.05, 0) is 25.5 Å². The molecule has 1 aromatic carbocycles. The van der Waals surface area contributed by atoms with Gasteiger partial charge in [0.1, 0.15) is 5.82 Å². The van der Waals surface area contributed by atoms with E-state index in [2.05, 4.69) is 9.97 Å². The lowest BCUT2D eigenvalue weighted by Gasteiger charge is -2.09. The van der Waals surface area contributed by atoms with Gasteiger partial charge in [-0.2, -0.15) is 4.98 Å². The number of para-hydroxylation sites is 1. The summed E-state index contributed by atoms with van der Waals surface area (Å²) in [5.41, 5.74) is 6.75. The van der Waals surface area contributed by atoms with Crippen molar-refractivity contribution in [1.82, 2.24) is 9.97 Å². The molecular formula is C13H14FN3O. The predicted octanol–water partition coefficient (Wildman–Crippen LogP) is 2.86. The van der Waals surface area contributed by atoms with Crippen LogP contribution in [0.4, 0.5) is 10.1 Å². The summed E-state index contributed by atoms with van der Waals surface area (Å²) in [6.07, 6.45) is 0.756. The Kier molecular flexibility index (Phi) is 3.41. The largest absolute Gasteiger partial charge is 0.434 e. The maximum absolute atomic E-state index is 13.6. The second-order valence-electron chi connectivity index (χ2n) is 3.86. The molecular weight excluding hydrogens is 233 g/mol. The van der Waals surface area contributed by atoms with Crippen molar-refractivity contribution in [3.63, 3.8) is 0 Å². The Morgan fingerprint density at radius 3 is 2.78 bits per heavy atom. The van der Waals surface area contributed by atoms with Gasteiger partial charge in [-0.1, -0.05) is 13.0 Å². The monoisotopic (exact) mass is 247 g/mol. The smallest absolute Gasteiger partial charge is 0.223 e. The summed E-state index contributed by atoms with van der Waals surface area (Å²) in [5.74, 6) is 0.373. The molecule has 94 valence electrons. The van der Waals surface area contributed by atoms with Gasteiger partial charge in [-0.3, -0.25) is 0 Å². The van der Waals surface area contributed by atoms with Gasteiger partial charge in [-0.25, -0.2) is 9.37 Å². The molecule has 0 spiro atoms. The first-order valence-corrected chi connectivity index (χ1v) is 5.66.